The van der Waals surface area contributed by atoms with Gasteiger partial charge in [0, 0.05) is 0 Å². The maximum atomic E-state index is 8.88. The molecule has 0 aliphatic heterocycles. The second kappa shape index (κ2) is 4.27. The first-order chi connectivity index (χ1) is 3.00. The van der Waals surface area contributed by atoms with E-state index in [4.69, 9.17) is 19.2 Å². The Morgan fingerprint density at radius 3 is 1.14 bits per heavy atom. The predicted octanol–water partition coefficient (Wildman–Crippen LogP) is 0.0976. The molecule has 0 heterocycles. The van der Waals surface area contributed by atoms with Crippen LogP contribution < -0.4 is 0 Å². The number of phosphoric acid groups is 1. The third-order valence-electron chi connectivity index (χ3n) is 0. The summed E-state index contributed by atoms with van der Waals surface area (Å²) in [6.45, 7) is 4.00. The highest BCUT2D eigenvalue weighted by atomic mass is 31.2. The third kappa shape index (κ3) is 8530. The Bertz CT molecular complexity index is 55.8. The molecule has 0 saturated heterocycles. The van der Waals surface area contributed by atoms with Crippen LogP contribution in [0.1, 0.15) is 13.8 Å². The Kier molecular flexibility index (Phi) is 6.21. The van der Waals surface area contributed by atoms with Gasteiger partial charge in [-0.15, -0.1) is 0 Å². The van der Waals surface area contributed by atoms with Crippen LogP contribution in [0.15, 0.2) is 0 Å². The van der Waals surface area contributed by atoms with E-state index < -0.39 is 7.82 Å². The van der Waals surface area contributed by atoms with E-state index in [1.807, 2.05) is 13.8 Å². The Morgan fingerprint density at radius 2 is 1.14 bits per heavy atom. The van der Waals surface area contributed by atoms with Crippen LogP contribution in [0.5, 0.6) is 0 Å². The summed E-state index contributed by atoms with van der Waals surface area (Å²) in [5.41, 5.74) is 0. The van der Waals surface area contributed by atoms with Crippen LogP contribution in [0.3, 0.4) is 0 Å². The van der Waals surface area contributed by atoms with Crippen molar-refractivity contribution in [2.24, 2.45) is 0 Å². The van der Waals surface area contributed by atoms with Gasteiger partial charge in [-0.25, -0.2) is 4.57 Å². The maximum absolute atomic E-state index is 8.88. The summed E-state index contributed by atoms with van der Waals surface area (Å²) >= 11 is 0. The molecule has 0 aromatic carbocycles. The first-order valence-corrected chi connectivity index (χ1v) is 3.35. The second-order valence-electron chi connectivity index (χ2n) is 0.513. The maximum Gasteiger partial charge on any atom is 0.466 e. The van der Waals surface area contributed by atoms with Gasteiger partial charge in [0.2, 0.25) is 0 Å². The van der Waals surface area contributed by atoms with Crippen molar-refractivity contribution in [2.75, 3.05) is 0 Å². The predicted molar refractivity (Wildman–Crippen MR) is 25.6 cm³/mol. The fourth-order valence-electron chi connectivity index (χ4n) is 0. The topological polar surface area (TPSA) is 77.8 Å². The van der Waals surface area contributed by atoms with E-state index in [9.17, 15) is 0 Å². The zero-order valence-corrected chi connectivity index (χ0v) is 5.09. The summed E-state index contributed by atoms with van der Waals surface area (Å²) in [6.07, 6.45) is 0. The van der Waals surface area contributed by atoms with Gasteiger partial charge in [0.05, 0.1) is 0 Å². The minimum atomic E-state index is -4.64. The highest BCUT2D eigenvalue weighted by molar-refractivity contribution is 7.45. The van der Waals surface area contributed by atoms with Crippen molar-refractivity contribution in [2.45, 2.75) is 13.8 Å². The van der Waals surface area contributed by atoms with Crippen molar-refractivity contribution >= 4 is 7.82 Å². The van der Waals surface area contributed by atoms with Crippen LogP contribution in [-0.2, 0) is 4.57 Å². The standard InChI is InChI=1S/C2H6.H3O4P/c1-2;1-5(2,3)4/h1-2H3;(H3,1,2,3,4). The molecular weight excluding hydrogens is 119 g/mol. The Hall–Kier alpha value is 0.110. The van der Waals surface area contributed by atoms with Gasteiger partial charge in [-0.3, -0.25) is 0 Å². The zero-order chi connectivity index (χ0) is 6.50. The van der Waals surface area contributed by atoms with Gasteiger partial charge in [0.1, 0.15) is 0 Å². The molecule has 0 saturated carbocycles. The summed E-state index contributed by atoms with van der Waals surface area (Å²) in [7, 11) is -4.64. The van der Waals surface area contributed by atoms with Crippen LogP contribution in [0, 0.1) is 0 Å². The molecule has 46 valence electrons. The molecule has 5 heteroatoms. The molecule has 7 heavy (non-hydrogen) atoms. The number of rotatable bonds is 0. The van der Waals surface area contributed by atoms with Crippen LogP contribution in [0.2, 0.25) is 0 Å². The molecule has 0 aliphatic carbocycles. The average Bonchev–Trinajstić information content (AvgIpc) is 1.36. The molecule has 0 aromatic heterocycles. The van der Waals surface area contributed by atoms with E-state index in [2.05, 4.69) is 0 Å². The monoisotopic (exact) mass is 128 g/mol. The summed E-state index contributed by atoms with van der Waals surface area (Å²) < 4.78 is 8.88. The van der Waals surface area contributed by atoms with Crippen molar-refractivity contribution in [1.82, 2.24) is 0 Å². The van der Waals surface area contributed by atoms with Gasteiger partial charge in [-0.05, 0) is 0 Å². The Balaban J connectivity index is 0. The SMILES string of the molecule is CC.O=P(O)(O)O. The average molecular weight is 128 g/mol. The lowest BCUT2D eigenvalue weighted by Gasteiger charge is -1.82. The molecule has 0 atom stereocenters. The molecule has 4 nitrogen and oxygen atoms in total. The van der Waals surface area contributed by atoms with Crippen LogP contribution in [0.25, 0.3) is 0 Å². The van der Waals surface area contributed by atoms with Crippen molar-refractivity contribution < 1.29 is 19.2 Å². The van der Waals surface area contributed by atoms with Crippen molar-refractivity contribution in [1.29, 1.82) is 0 Å². The van der Waals surface area contributed by atoms with E-state index in [1.54, 1.807) is 0 Å². The van der Waals surface area contributed by atoms with Crippen molar-refractivity contribution in [3.05, 3.63) is 0 Å². The molecule has 0 unspecified atom stereocenters. The second-order valence-corrected chi connectivity index (χ2v) is 1.54. The molecule has 0 fully saturated rings. The minimum absolute atomic E-state index is 2.00. The fraction of sp³-hybridized carbons (Fsp3) is 1.00. The highest BCUT2D eigenvalue weighted by Crippen LogP contribution is 2.25. The van der Waals surface area contributed by atoms with Gasteiger partial charge < -0.3 is 14.7 Å². The summed E-state index contributed by atoms with van der Waals surface area (Å²) in [5.74, 6) is 0. The minimum Gasteiger partial charge on any atom is -0.303 e. The normalized spacial score (nSPS) is 9.29. The molecular formula is C2H9O4P. The van der Waals surface area contributed by atoms with Gasteiger partial charge in [-0.2, -0.15) is 0 Å². The highest BCUT2D eigenvalue weighted by Gasteiger charge is 2.00. The summed E-state index contributed by atoms with van der Waals surface area (Å²) in [5, 5.41) is 0. The number of hydrogen-bond donors (Lipinski definition) is 3. The van der Waals surface area contributed by atoms with Gasteiger partial charge in [-0.1, -0.05) is 13.8 Å². The molecule has 0 rings (SSSR count). The third-order valence-corrected chi connectivity index (χ3v) is 0. The van der Waals surface area contributed by atoms with Gasteiger partial charge in [0.15, 0.2) is 0 Å². The molecule has 3 N–H and O–H groups in total. The van der Waals surface area contributed by atoms with E-state index in [0.717, 1.165) is 0 Å². The molecule has 0 aliphatic rings. The van der Waals surface area contributed by atoms with Gasteiger partial charge >= 0.3 is 7.82 Å². The van der Waals surface area contributed by atoms with Crippen molar-refractivity contribution in [3.63, 3.8) is 0 Å². The first kappa shape index (κ1) is 10.2. The smallest absolute Gasteiger partial charge is 0.303 e. The Labute approximate surface area is 42.0 Å². The summed E-state index contributed by atoms with van der Waals surface area (Å²) in [4.78, 5) is 21.6. The molecule has 0 bridgehead atoms. The molecule has 0 radical (unpaired) electrons. The lowest BCUT2D eigenvalue weighted by atomic mass is 11.0. The summed E-state index contributed by atoms with van der Waals surface area (Å²) in [6, 6.07) is 0. The lowest BCUT2D eigenvalue weighted by Crippen LogP contribution is -1.66. The van der Waals surface area contributed by atoms with Crippen LogP contribution in [0.4, 0.5) is 0 Å². The number of hydrogen-bond acceptors (Lipinski definition) is 1. The van der Waals surface area contributed by atoms with Crippen molar-refractivity contribution in [3.8, 4) is 0 Å². The molecule has 0 amide bonds. The molecule has 0 spiro atoms. The van der Waals surface area contributed by atoms with E-state index >= 15 is 0 Å². The fourth-order valence-corrected chi connectivity index (χ4v) is 0. The quantitative estimate of drug-likeness (QED) is 0.404. The van der Waals surface area contributed by atoms with E-state index in [0.29, 0.717) is 0 Å². The lowest BCUT2D eigenvalue weighted by molar-refractivity contribution is 0.275. The zero-order valence-electron chi connectivity index (χ0n) is 4.20. The van der Waals surface area contributed by atoms with Crippen LogP contribution in [-0.4, -0.2) is 14.7 Å². The van der Waals surface area contributed by atoms with E-state index in [1.165, 1.54) is 0 Å². The van der Waals surface area contributed by atoms with E-state index in [-0.39, 0.29) is 0 Å². The largest absolute Gasteiger partial charge is 0.466 e. The Morgan fingerprint density at radius 1 is 1.14 bits per heavy atom. The molecule has 0 aromatic rings. The van der Waals surface area contributed by atoms with Crippen LogP contribution >= 0.6 is 7.82 Å². The van der Waals surface area contributed by atoms with Gasteiger partial charge in [0.25, 0.3) is 0 Å². The first-order valence-electron chi connectivity index (χ1n) is 1.78.